The van der Waals surface area contributed by atoms with E-state index in [0.717, 1.165) is 31.5 Å². The first-order valence-electron chi connectivity index (χ1n) is 8.27. The molecule has 1 aliphatic heterocycles. The fourth-order valence-electron chi connectivity index (χ4n) is 5.14. The Morgan fingerprint density at radius 2 is 1.86 bits per heavy atom. The van der Waals surface area contributed by atoms with Crippen LogP contribution in [0.4, 0.5) is 5.69 Å². The van der Waals surface area contributed by atoms with Crippen molar-refractivity contribution in [2.24, 2.45) is 16.2 Å². The van der Waals surface area contributed by atoms with Crippen molar-refractivity contribution in [3.63, 3.8) is 0 Å². The maximum atomic E-state index is 13.5. The number of ketones is 1. The van der Waals surface area contributed by atoms with Crippen LogP contribution >= 0.6 is 0 Å². The largest absolute Gasteiger partial charge is 0.311 e. The van der Waals surface area contributed by atoms with Gasteiger partial charge in [-0.05, 0) is 36.3 Å². The van der Waals surface area contributed by atoms with Crippen molar-refractivity contribution in [1.29, 1.82) is 0 Å². The average molecular weight is 297 g/mol. The minimum atomic E-state index is -0.504. The zero-order chi connectivity index (χ0) is 15.8. The van der Waals surface area contributed by atoms with Gasteiger partial charge in [-0.3, -0.25) is 9.59 Å². The number of fused-ring (bicyclic) bond motifs is 3. The van der Waals surface area contributed by atoms with E-state index in [2.05, 4.69) is 26.8 Å². The lowest BCUT2D eigenvalue weighted by Gasteiger charge is -2.40. The molecule has 3 aliphatic rings. The predicted molar refractivity (Wildman–Crippen MR) is 85.7 cm³/mol. The highest BCUT2D eigenvalue weighted by atomic mass is 16.2. The Bertz CT molecular complexity index is 692. The Morgan fingerprint density at radius 3 is 2.50 bits per heavy atom. The molecule has 2 atom stereocenters. The summed E-state index contributed by atoms with van der Waals surface area (Å²) in [5.74, 6) is 0.460. The lowest BCUT2D eigenvalue weighted by molar-refractivity contribution is -0.133. The number of para-hydroxylation sites is 1. The lowest BCUT2D eigenvalue weighted by Crippen LogP contribution is -2.48. The zero-order valence-electron chi connectivity index (χ0n) is 13.6. The molecule has 4 rings (SSSR count). The van der Waals surface area contributed by atoms with E-state index < -0.39 is 5.41 Å². The van der Waals surface area contributed by atoms with E-state index in [1.807, 2.05) is 23.1 Å². The number of rotatable bonds is 1. The van der Waals surface area contributed by atoms with Crippen LogP contribution in [0.2, 0.25) is 0 Å². The molecule has 1 aromatic carbocycles. The molecule has 2 saturated carbocycles. The van der Waals surface area contributed by atoms with Gasteiger partial charge in [0.1, 0.15) is 5.78 Å². The quantitative estimate of drug-likeness (QED) is 0.797. The standard InChI is InChI=1S/C19H23NO2/c1-17(2)18(3)9-10-19(17,12-15(18)21)16(22)20-11-8-13-6-4-5-7-14(13)20/h4-7H,8-12H2,1-3H3/t18-,19-/m1/s1. The van der Waals surface area contributed by atoms with Gasteiger partial charge >= 0.3 is 0 Å². The zero-order valence-corrected chi connectivity index (χ0v) is 13.6. The van der Waals surface area contributed by atoms with Crippen molar-refractivity contribution in [3.8, 4) is 0 Å². The van der Waals surface area contributed by atoms with Gasteiger partial charge in [0.2, 0.25) is 5.91 Å². The number of Topliss-reactive ketones (excluding diaryl/α,β-unsaturated/α-hetero) is 1. The van der Waals surface area contributed by atoms with Crippen molar-refractivity contribution >= 4 is 17.4 Å². The van der Waals surface area contributed by atoms with Gasteiger partial charge in [0.05, 0.1) is 5.41 Å². The first-order valence-corrected chi connectivity index (χ1v) is 8.27. The third kappa shape index (κ3) is 1.34. The Kier molecular flexibility index (Phi) is 2.55. The molecular formula is C19H23NO2. The van der Waals surface area contributed by atoms with Gasteiger partial charge in [-0.25, -0.2) is 0 Å². The summed E-state index contributed by atoms with van der Waals surface area (Å²) in [6, 6.07) is 8.16. The number of nitrogens with zero attached hydrogens (tertiary/aromatic N) is 1. The van der Waals surface area contributed by atoms with E-state index in [9.17, 15) is 9.59 Å². The highest BCUT2D eigenvalue weighted by molar-refractivity contribution is 6.06. The molecule has 0 radical (unpaired) electrons. The van der Waals surface area contributed by atoms with E-state index in [0.29, 0.717) is 6.42 Å². The third-order valence-corrected chi connectivity index (χ3v) is 7.25. The number of anilines is 1. The molecule has 1 heterocycles. The summed E-state index contributed by atoms with van der Waals surface area (Å²) in [5.41, 5.74) is 1.20. The molecule has 1 amide bonds. The van der Waals surface area contributed by atoms with Crippen LogP contribution < -0.4 is 4.90 Å². The minimum absolute atomic E-state index is 0.178. The molecule has 3 heteroatoms. The van der Waals surface area contributed by atoms with Gasteiger partial charge in [-0.2, -0.15) is 0 Å². The second kappa shape index (κ2) is 4.01. The van der Waals surface area contributed by atoms with Gasteiger partial charge in [0, 0.05) is 24.1 Å². The van der Waals surface area contributed by atoms with E-state index in [4.69, 9.17) is 0 Å². The van der Waals surface area contributed by atoms with Crippen LogP contribution in [0.5, 0.6) is 0 Å². The maximum Gasteiger partial charge on any atom is 0.234 e. The molecule has 0 saturated heterocycles. The van der Waals surface area contributed by atoms with Crippen LogP contribution in [0.3, 0.4) is 0 Å². The molecule has 0 aromatic heterocycles. The van der Waals surface area contributed by atoms with E-state index in [-0.39, 0.29) is 22.5 Å². The Labute approximate surface area is 131 Å². The first kappa shape index (κ1) is 14.0. The Balaban J connectivity index is 1.77. The molecule has 2 aliphatic carbocycles. The van der Waals surface area contributed by atoms with Gasteiger partial charge in [-0.1, -0.05) is 39.0 Å². The average Bonchev–Trinajstić information content (AvgIpc) is 3.04. The van der Waals surface area contributed by atoms with Gasteiger partial charge in [0.25, 0.3) is 0 Å². The number of benzene rings is 1. The van der Waals surface area contributed by atoms with Crippen LogP contribution in [-0.2, 0) is 16.0 Å². The molecule has 0 spiro atoms. The smallest absolute Gasteiger partial charge is 0.234 e. The summed E-state index contributed by atoms with van der Waals surface area (Å²) in [4.78, 5) is 28.0. The van der Waals surface area contributed by atoms with Crippen LogP contribution in [0.25, 0.3) is 0 Å². The van der Waals surface area contributed by atoms with Crippen molar-refractivity contribution in [1.82, 2.24) is 0 Å². The Hall–Kier alpha value is -1.64. The third-order valence-electron chi connectivity index (χ3n) is 7.25. The fraction of sp³-hybridized carbons (Fsp3) is 0.579. The summed E-state index contributed by atoms with van der Waals surface area (Å²) in [7, 11) is 0. The van der Waals surface area contributed by atoms with Crippen LogP contribution in [-0.4, -0.2) is 18.2 Å². The molecule has 22 heavy (non-hydrogen) atoms. The van der Waals surface area contributed by atoms with E-state index in [1.54, 1.807) is 0 Å². The van der Waals surface area contributed by atoms with Gasteiger partial charge < -0.3 is 4.90 Å². The highest BCUT2D eigenvalue weighted by Gasteiger charge is 2.73. The predicted octanol–water partition coefficient (Wildman–Crippen LogP) is 3.36. The first-order chi connectivity index (χ1) is 10.3. The summed E-state index contributed by atoms with van der Waals surface area (Å²) >= 11 is 0. The maximum absolute atomic E-state index is 13.5. The van der Waals surface area contributed by atoms with Gasteiger partial charge in [-0.15, -0.1) is 0 Å². The highest BCUT2D eigenvalue weighted by Crippen LogP contribution is 2.71. The van der Waals surface area contributed by atoms with Crippen LogP contribution in [0.1, 0.15) is 45.6 Å². The van der Waals surface area contributed by atoms with Gasteiger partial charge in [0.15, 0.2) is 0 Å². The molecule has 1 aromatic rings. The number of hydrogen-bond donors (Lipinski definition) is 0. The topological polar surface area (TPSA) is 37.4 Å². The van der Waals surface area contributed by atoms with E-state index >= 15 is 0 Å². The van der Waals surface area contributed by atoms with Crippen molar-refractivity contribution in [3.05, 3.63) is 29.8 Å². The number of amides is 1. The number of hydrogen-bond acceptors (Lipinski definition) is 2. The Morgan fingerprint density at radius 1 is 1.14 bits per heavy atom. The SMILES string of the molecule is CC1(C)[C@]2(C(=O)N3CCc4ccccc43)CC[C@]1(C)C(=O)C2. The monoisotopic (exact) mass is 297 g/mol. The van der Waals surface area contributed by atoms with Crippen LogP contribution in [0.15, 0.2) is 24.3 Å². The normalized spacial score (nSPS) is 35.0. The van der Waals surface area contributed by atoms with Crippen molar-refractivity contribution in [2.45, 2.75) is 46.5 Å². The molecule has 2 bridgehead atoms. The molecule has 2 fully saturated rings. The molecule has 0 N–H and O–H groups in total. The molecule has 0 unspecified atom stereocenters. The summed E-state index contributed by atoms with van der Waals surface area (Å²) < 4.78 is 0. The number of carbonyl (C=O) groups is 2. The van der Waals surface area contributed by atoms with Crippen molar-refractivity contribution in [2.75, 3.05) is 11.4 Å². The summed E-state index contributed by atoms with van der Waals surface area (Å²) in [6.45, 7) is 7.08. The summed E-state index contributed by atoms with van der Waals surface area (Å²) in [6.07, 6.45) is 3.04. The fourth-order valence-corrected chi connectivity index (χ4v) is 5.14. The minimum Gasteiger partial charge on any atom is -0.311 e. The molecule has 116 valence electrons. The second-order valence-electron chi connectivity index (χ2n) is 7.97. The summed E-state index contributed by atoms with van der Waals surface area (Å²) in [5, 5.41) is 0. The molecule has 3 nitrogen and oxygen atoms in total. The van der Waals surface area contributed by atoms with Crippen LogP contribution in [0, 0.1) is 16.2 Å². The molecular weight excluding hydrogens is 274 g/mol. The lowest BCUT2D eigenvalue weighted by atomic mass is 9.64. The number of carbonyl (C=O) groups excluding carboxylic acids is 2. The van der Waals surface area contributed by atoms with E-state index in [1.165, 1.54) is 5.56 Å². The van der Waals surface area contributed by atoms with Crippen molar-refractivity contribution < 1.29 is 9.59 Å². The second-order valence-corrected chi connectivity index (χ2v) is 7.97.